The van der Waals surface area contributed by atoms with Gasteiger partial charge in [-0.15, -0.1) is 0 Å². The Labute approximate surface area is 150 Å². The first-order chi connectivity index (χ1) is 12.5. The van der Waals surface area contributed by atoms with Crippen molar-refractivity contribution in [3.8, 4) is 0 Å². The number of halogens is 1. The summed E-state index contributed by atoms with van der Waals surface area (Å²) in [7, 11) is 0. The molecule has 0 radical (unpaired) electrons. The zero-order valence-corrected chi connectivity index (χ0v) is 14.1. The molecule has 2 N–H and O–H groups in total. The van der Waals surface area contributed by atoms with Crippen molar-refractivity contribution in [2.75, 3.05) is 13.1 Å². The van der Waals surface area contributed by atoms with Crippen molar-refractivity contribution >= 4 is 12.0 Å². The van der Waals surface area contributed by atoms with Gasteiger partial charge in [0, 0.05) is 25.2 Å². The highest BCUT2D eigenvalue weighted by Gasteiger charge is 2.29. The Balaban J connectivity index is 1.75. The third-order valence-corrected chi connectivity index (χ3v) is 4.61. The van der Waals surface area contributed by atoms with Gasteiger partial charge in [-0.05, 0) is 42.7 Å². The molecule has 3 rings (SSSR count). The molecule has 0 spiro atoms. The minimum Gasteiger partial charge on any atom is -0.465 e. The Kier molecular flexibility index (Phi) is 5.46. The molecule has 1 aliphatic rings. The predicted octanol–water partition coefficient (Wildman–Crippen LogP) is 2.82. The van der Waals surface area contributed by atoms with Crippen molar-refractivity contribution in [3.63, 3.8) is 0 Å². The highest BCUT2D eigenvalue weighted by atomic mass is 19.1. The Bertz CT molecular complexity index is 759. The minimum atomic E-state index is -0.957. The van der Waals surface area contributed by atoms with Gasteiger partial charge in [-0.2, -0.15) is 0 Å². The van der Waals surface area contributed by atoms with Crippen LogP contribution in [0, 0.1) is 11.7 Å². The summed E-state index contributed by atoms with van der Waals surface area (Å²) in [6.45, 7) is 0.691. The lowest BCUT2D eigenvalue weighted by Crippen LogP contribution is -2.43. The lowest BCUT2D eigenvalue weighted by molar-refractivity contribution is -0.126. The Morgan fingerprint density at radius 1 is 1.15 bits per heavy atom. The first kappa shape index (κ1) is 17.8. The lowest BCUT2D eigenvalue weighted by Gasteiger charge is -2.30. The first-order valence-corrected chi connectivity index (χ1v) is 8.49. The van der Waals surface area contributed by atoms with Gasteiger partial charge in [0.1, 0.15) is 5.82 Å². The van der Waals surface area contributed by atoms with E-state index in [4.69, 9.17) is 5.11 Å². The number of nitrogens with zero attached hydrogens (tertiary/aromatic N) is 2. The van der Waals surface area contributed by atoms with E-state index in [9.17, 15) is 14.0 Å². The fraction of sp³-hybridized carbons (Fsp3) is 0.316. The van der Waals surface area contributed by atoms with E-state index < -0.39 is 12.1 Å². The van der Waals surface area contributed by atoms with Gasteiger partial charge in [0.2, 0.25) is 5.91 Å². The Hall–Kier alpha value is -2.96. The van der Waals surface area contributed by atoms with Crippen molar-refractivity contribution in [3.05, 3.63) is 65.7 Å². The van der Waals surface area contributed by atoms with Crippen LogP contribution in [0.15, 0.2) is 48.7 Å². The Morgan fingerprint density at radius 2 is 1.85 bits per heavy atom. The number of likely N-dealkylation sites (tertiary alicyclic amines) is 1. The minimum absolute atomic E-state index is 0.144. The van der Waals surface area contributed by atoms with E-state index >= 15 is 0 Å². The molecule has 1 aromatic heterocycles. The highest BCUT2D eigenvalue weighted by molar-refractivity contribution is 5.80. The Morgan fingerprint density at radius 3 is 2.42 bits per heavy atom. The number of piperidine rings is 1. The molecule has 0 aliphatic carbocycles. The second-order valence-electron chi connectivity index (χ2n) is 6.29. The molecule has 2 amide bonds. The zero-order chi connectivity index (χ0) is 18.5. The number of hydrogen-bond acceptors (Lipinski definition) is 3. The summed E-state index contributed by atoms with van der Waals surface area (Å²) >= 11 is 0. The van der Waals surface area contributed by atoms with Crippen LogP contribution in [0.3, 0.4) is 0 Å². The third kappa shape index (κ3) is 4.17. The number of benzene rings is 1. The van der Waals surface area contributed by atoms with E-state index in [0.29, 0.717) is 31.6 Å². The van der Waals surface area contributed by atoms with E-state index in [0.717, 1.165) is 5.56 Å². The van der Waals surface area contributed by atoms with Gasteiger partial charge in [0.25, 0.3) is 0 Å². The van der Waals surface area contributed by atoms with Crippen LogP contribution in [0.1, 0.15) is 30.1 Å². The highest BCUT2D eigenvalue weighted by Crippen LogP contribution is 2.23. The van der Waals surface area contributed by atoms with Crippen LogP contribution in [0.25, 0.3) is 0 Å². The van der Waals surface area contributed by atoms with Crippen LogP contribution in [0.5, 0.6) is 0 Å². The molecule has 2 aromatic rings. The average molecular weight is 357 g/mol. The van der Waals surface area contributed by atoms with Crippen molar-refractivity contribution in [2.24, 2.45) is 5.92 Å². The molecule has 6 nitrogen and oxygen atoms in total. The maximum Gasteiger partial charge on any atom is 0.407 e. The number of carboxylic acid groups (broad SMARTS) is 1. The fourth-order valence-corrected chi connectivity index (χ4v) is 3.12. The zero-order valence-electron chi connectivity index (χ0n) is 14.1. The van der Waals surface area contributed by atoms with Gasteiger partial charge in [0.05, 0.1) is 11.7 Å². The molecule has 0 saturated carbocycles. The lowest BCUT2D eigenvalue weighted by atomic mass is 9.94. The fourth-order valence-electron chi connectivity index (χ4n) is 3.12. The maximum absolute atomic E-state index is 13.3. The quantitative estimate of drug-likeness (QED) is 0.881. The molecule has 1 aromatic carbocycles. The molecule has 1 fully saturated rings. The van der Waals surface area contributed by atoms with E-state index in [2.05, 4.69) is 10.3 Å². The molecule has 1 saturated heterocycles. The summed E-state index contributed by atoms with van der Waals surface area (Å²) in [5, 5.41) is 12.0. The van der Waals surface area contributed by atoms with Gasteiger partial charge >= 0.3 is 6.09 Å². The van der Waals surface area contributed by atoms with Gasteiger partial charge < -0.3 is 15.3 Å². The number of aromatic nitrogens is 1. The van der Waals surface area contributed by atoms with Crippen LogP contribution in [0.4, 0.5) is 9.18 Å². The molecule has 7 heteroatoms. The van der Waals surface area contributed by atoms with Gasteiger partial charge in [-0.3, -0.25) is 9.78 Å². The normalized spacial score (nSPS) is 16.1. The largest absolute Gasteiger partial charge is 0.465 e. The molecule has 0 bridgehead atoms. The molecular weight excluding hydrogens is 337 g/mol. The van der Waals surface area contributed by atoms with Crippen molar-refractivity contribution < 1.29 is 19.1 Å². The molecule has 1 unspecified atom stereocenters. The topological polar surface area (TPSA) is 82.5 Å². The molecule has 136 valence electrons. The summed E-state index contributed by atoms with van der Waals surface area (Å²) in [5.74, 6) is -0.742. The van der Waals surface area contributed by atoms with Gasteiger partial charge in [-0.25, -0.2) is 9.18 Å². The van der Waals surface area contributed by atoms with Crippen LogP contribution in [-0.4, -0.2) is 40.1 Å². The van der Waals surface area contributed by atoms with E-state index in [1.165, 1.54) is 17.0 Å². The first-order valence-electron chi connectivity index (χ1n) is 8.49. The van der Waals surface area contributed by atoms with Crippen molar-refractivity contribution in [2.45, 2.75) is 18.9 Å². The number of nitrogens with one attached hydrogen (secondary N) is 1. The van der Waals surface area contributed by atoms with Crippen LogP contribution >= 0.6 is 0 Å². The monoisotopic (exact) mass is 357 g/mol. The van der Waals surface area contributed by atoms with Crippen LogP contribution in [0.2, 0.25) is 0 Å². The molecule has 2 heterocycles. The molecular formula is C19H20FN3O3. The second kappa shape index (κ2) is 7.95. The number of hydrogen-bond donors (Lipinski definition) is 2. The predicted molar refractivity (Wildman–Crippen MR) is 92.9 cm³/mol. The van der Waals surface area contributed by atoms with E-state index in [1.807, 2.05) is 6.07 Å². The van der Waals surface area contributed by atoms with E-state index in [1.54, 1.807) is 30.5 Å². The van der Waals surface area contributed by atoms with Crippen LogP contribution < -0.4 is 5.32 Å². The third-order valence-electron chi connectivity index (χ3n) is 4.61. The summed E-state index contributed by atoms with van der Waals surface area (Å²) in [4.78, 5) is 29.3. The van der Waals surface area contributed by atoms with Crippen molar-refractivity contribution in [1.82, 2.24) is 15.2 Å². The number of rotatable bonds is 4. The number of pyridine rings is 1. The summed E-state index contributed by atoms with van der Waals surface area (Å²) in [6, 6.07) is 10.9. The van der Waals surface area contributed by atoms with Gasteiger partial charge in [0.15, 0.2) is 0 Å². The standard InChI is InChI=1S/C19H20FN3O3/c20-15-6-4-13(5-7-15)17(16-3-1-2-10-21-16)22-18(24)14-8-11-23(12-9-14)19(25)26/h1-7,10,14,17H,8-9,11-12H2,(H,22,24)(H,25,26). The number of amides is 2. The maximum atomic E-state index is 13.3. The molecule has 1 atom stereocenters. The second-order valence-corrected chi connectivity index (χ2v) is 6.29. The van der Waals surface area contributed by atoms with Crippen molar-refractivity contribution in [1.29, 1.82) is 0 Å². The molecule has 1 aliphatic heterocycles. The summed E-state index contributed by atoms with van der Waals surface area (Å²) in [6.07, 6.45) is 1.65. The number of carbonyl (C=O) groups excluding carboxylic acids is 1. The summed E-state index contributed by atoms with van der Waals surface area (Å²) < 4.78 is 13.3. The smallest absolute Gasteiger partial charge is 0.407 e. The van der Waals surface area contributed by atoms with E-state index in [-0.39, 0.29) is 17.6 Å². The summed E-state index contributed by atoms with van der Waals surface area (Å²) in [5.41, 5.74) is 1.40. The van der Waals surface area contributed by atoms with Gasteiger partial charge in [-0.1, -0.05) is 18.2 Å². The average Bonchev–Trinajstić information content (AvgIpc) is 2.67. The number of carbonyl (C=O) groups is 2. The molecule has 26 heavy (non-hydrogen) atoms. The SMILES string of the molecule is O=C(NC(c1ccc(F)cc1)c1ccccn1)C1CCN(C(=O)O)CC1. The van der Waals surface area contributed by atoms with Crippen LogP contribution in [-0.2, 0) is 4.79 Å².